The Labute approximate surface area is 106 Å². The van der Waals surface area contributed by atoms with Crippen LogP contribution in [-0.2, 0) is 11.2 Å². The lowest BCUT2D eigenvalue weighted by molar-refractivity contribution is -0.143. The third kappa shape index (κ3) is 2.87. The Morgan fingerprint density at radius 3 is 2.72 bits per heavy atom. The van der Waals surface area contributed by atoms with E-state index in [-0.39, 0.29) is 12.0 Å². The lowest BCUT2D eigenvalue weighted by Crippen LogP contribution is -2.47. The maximum atomic E-state index is 13.6. The van der Waals surface area contributed by atoms with Crippen LogP contribution >= 0.6 is 0 Å². The second-order valence-electron chi connectivity index (χ2n) is 5.65. The van der Waals surface area contributed by atoms with Gasteiger partial charge in [-0.2, -0.15) is 0 Å². The predicted molar refractivity (Wildman–Crippen MR) is 64.3 cm³/mol. The number of rotatable bonds is 2. The molecule has 1 aliphatic heterocycles. The molecule has 1 aromatic rings. The topological polar surface area (TPSA) is 29.5 Å². The van der Waals surface area contributed by atoms with E-state index in [0.717, 1.165) is 6.07 Å². The Bertz CT molecular complexity index is 445. The third-order valence-corrected chi connectivity index (χ3v) is 3.37. The molecule has 1 aliphatic rings. The summed E-state index contributed by atoms with van der Waals surface area (Å²) in [6.07, 6.45) is 0.964. The molecule has 1 atom stereocenters. The molecule has 0 bridgehead atoms. The zero-order valence-electron chi connectivity index (χ0n) is 10.7. The smallest absolute Gasteiger partial charge is 0.162 e. The molecule has 1 saturated heterocycles. The highest BCUT2D eigenvalue weighted by molar-refractivity contribution is 5.21. The van der Waals surface area contributed by atoms with Crippen molar-refractivity contribution in [2.24, 2.45) is 0 Å². The fourth-order valence-electron chi connectivity index (χ4n) is 2.64. The highest BCUT2D eigenvalue weighted by Gasteiger charge is 2.39. The van der Waals surface area contributed by atoms with E-state index in [1.54, 1.807) is 0 Å². The van der Waals surface area contributed by atoms with Crippen LogP contribution in [-0.4, -0.2) is 22.9 Å². The van der Waals surface area contributed by atoms with Gasteiger partial charge >= 0.3 is 0 Å². The second kappa shape index (κ2) is 4.59. The minimum Gasteiger partial charge on any atom is -0.389 e. The number of ether oxygens (including phenoxy) is 1. The molecule has 0 amide bonds. The molecule has 0 saturated carbocycles. The SMILES string of the molecule is CC1(C)CC(O)(Cc2cccc(F)c2F)CCO1. The van der Waals surface area contributed by atoms with E-state index in [9.17, 15) is 13.9 Å². The van der Waals surface area contributed by atoms with Gasteiger partial charge in [0.2, 0.25) is 0 Å². The molecule has 0 aliphatic carbocycles. The van der Waals surface area contributed by atoms with Gasteiger partial charge in [-0.25, -0.2) is 8.78 Å². The van der Waals surface area contributed by atoms with Crippen molar-refractivity contribution in [1.82, 2.24) is 0 Å². The van der Waals surface area contributed by atoms with Crippen LogP contribution in [0.2, 0.25) is 0 Å². The molecule has 1 aromatic carbocycles. The summed E-state index contributed by atoms with van der Waals surface area (Å²) >= 11 is 0. The molecule has 0 radical (unpaired) electrons. The van der Waals surface area contributed by atoms with E-state index in [0.29, 0.717) is 19.4 Å². The Morgan fingerprint density at radius 1 is 1.33 bits per heavy atom. The molecule has 4 heteroatoms. The van der Waals surface area contributed by atoms with Crippen molar-refractivity contribution in [2.75, 3.05) is 6.61 Å². The summed E-state index contributed by atoms with van der Waals surface area (Å²) in [5, 5.41) is 10.5. The maximum Gasteiger partial charge on any atom is 0.162 e. The average molecular weight is 256 g/mol. The number of hydrogen-bond acceptors (Lipinski definition) is 2. The number of halogens is 2. The first-order valence-corrected chi connectivity index (χ1v) is 6.11. The van der Waals surface area contributed by atoms with Crippen molar-refractivity contribution in [3.63, 3.8) is 0 Å². The first-order chi connectivity index (χ1) is 8.31. The van der Waals surface area contributed by atoms with Gasteiger partial charge in [0.05, 0.1) is 17.8 Å². The van der Waals surface area contributed by atoms with Gasteiger partial charge < -0.3 is 9.84 Å². The predicted octanol–water partition coefficient (Wildman–Crippen LogP) is 2.83. The van der Waals surface area contributed by atoms with Crippen molar-refractivity contribution in [2.45, 2.75) is 44.3 Å². The minimum atomic E-state index is -1.03. The molecule has 0 spiro atoms. The summed E-state index contributed by atoms with van der Waals surface area (Å²) < 4.78 is 32.3. The monoisotopic (exact) mass is 256 g/mol. The standard InChI is InChI=1S/C14H18F2O2/c1-13(2)9-14(17,6-7-18-13)8-10-4-3-5-11(15)12(10)16/h3-5,17H,6-9H2,1-2H3. The molecule has 1 N–H and O–H groups in total. The first kappa shape index (κ1) is 13.4. The van der Waals surface area contributed by atoms with Crippen molar-refractivity contribution >= 4 is 0 Å². The van der Waals surface area contributed by atoms with Gasteiger partial charge in [-0.05, 0) is 31.9 Å². The van der Waals surface area contributed by atoms with E-state index >= 15 is 0 Å². The van der Waals surface area contributed by atoms with Crippen molar-refractivity contribution in [3.05, 3.63) is 35.4 Å². The largest absolute Gasteiger partial charge is 0.389 e. The summed E-state index contributed by atoms with van der Waals surface area (Å²) in [6, 6.07) is 4.05. The highest BCUT2D eigenvalue weighted by Crippen LogP contribution is 2.34. The first-order valence-electron chi connectivity index (χ1n) is 6.11. The Hall–Kier alpha value is -1.00. The van der Waals surface area contributed by atoms with Gasteiger partial charge in [-0.1, -0.05) is 12.1 Å². The van der Waals surface area contributed by atoms with E-state index in [2.05, 4.69) is 0 Å². The van der Waals surface area contributed by atoms with Crippen molar-refractivity contribution in [1.29, 1.82) is 0 Å². The van der Waals surface area contributed by atoms with Gasteiger partial charge in [0.1, 0.15) is 0 Å². The summed E-state index contributed by atoms with van der Waals surface area (Å²) in [5.41, 5.74) is -1.25. The Balaban J connectivity index is 2.20. The molecule has 2 rings (SSSR count). The summed E-state index contributed by atoms with van der Waals surface area (Å²) in [5.74, 6) is -1.74. The van der Waals surface area contributed by atoms with Gasteiger partial charge in [0.15, 0.2) is 11.6 Å². The summed E-state index contributed by atoms with van der Waals surface area (Å²) in [7, 11) is 0. The highest BCUT2D eigenvalue weighted by atomic mass is 19.2. The minimum absolute atomic E-state index is 0.114. The van der Waals surface area contributed by atoms with E-state index in [4.69, 9.17) is 4.74 Å². The van der Waals surface area contributed by atoms with Gasteiger partial charge in [0, 0.05) is 12.8 Å². The fraction of sp³-hybridized carbons (Fsp3) is 0.571. The molecular formula is C14H18F2O2. The maximum absolute atomic E-state index is 13.6. The van der Waals surface area contributed by atoms with Crippen LogP contribution < -0.4 is 0 Å². The second-order valence-corrected chi connectivity index (χ2v) is 5.65. The number of hydrogen-bond donors (Lipinski definition) is 1. The van der Waals surface area contributed by atoms with E-state index < -0.39 is 22.8 Å². The van der Waals surface area contributed by atoms with Crippen molar-refractivity contribution in [3.8, 4) is 0 Å². The quantitative estimate of drug-likeness (QED) is 0.881. The van der Waals surface area contributed by atoms with Crippen LogP contribution in [0.4, 0.5) is 8.78 Å². The van der Waals surface area contributed by atoms with Crippen LogP contribution in [0.5, 0.6) is 0 Å². The Kier molecular flexibility index (Phi) is 3.43. The molecule has 0 aromatic heterocycles. The van der Waals surface area contributed by atoms with Crippen molar-refractivity contribution < 1.29 is 18.6 Å². The molecule has 100 valence electrons. The molecule has 1 fully saturated rings. The lowest BCUT2D eigenvalue weighted by Gasteiger charge is -2.41. The van der Waals surface area contributed by atoms with Gasteiger partial charge in [0.25, 0.3) is 0 Å². The van der Waals surface area contributed by atoms with Crippen LogP contribution in [0.15, 0.2) is 18.2 Å². The van der Waals surface area contributed by atoms with Crippen LogP contribution in [0.25, 0.3) is 0 Å². The van der Waals surface area contributed by atoms with Crippen LogP contribution in [0, 0.1) is 11.6 Å². The van der Waals surface area contributed by atoms with Gasteiger partial charge in [-0.3, -0.25) is 0 Å². The zero-order valence-corrected chi connectivity index (χ0v) is 10.7. The number of benzene rings is 1. The third-order valence-electron chi connectivity index (χ3n) is 3.37. The molecule has 1 unspecified atom stereocenters. The summed E-state index contributed by atoms with van der Waals surface area (Å²) in [4.78, 5) is 0. The molecule has 1 heterocycles. The lowest BCUT2D eigenvalue weighted by atomic mass is 9.80. The molecule has 2 nitrogen and oxygen atoms in total. The molecular weight excluding hydrogens is 238 g/mol. The van der Waals surface area contributed by atoms with E-state index in [1.165, 1.54) is 12.1 Å². The average Bonchev–Trinajstić information content (AvgIpc) is 2.22. The number of aliphatic hydroxyl groups is 1. The normalized spacial score (nSPS) is 27.2. The van der Waals surface area contributed by atoms with Gasteiger partial charge in [-0.15, -0.1) is 0 Å². The fourth-order valence-corrected chi connectivity index (χ4v) is 2.64. The van der Waals surface area contributed by atoms with E-state index in [1.807, 2.05) is 13.8 Å². The zero-order chi connectivity index (χ0) is 13.4. The Morgan fingerprint density at radius 2 is 2.06 bits per heavy atom. The van der Waals surface area contributed by atoms with Crippen LogP contribution in [0.3, 0.4) is 0 Å². The van der Waals surface area contributed by atoms with Crippen LogP contribution in [0.1, 0.15) is 32.3 Å². The molecule has 18 heavy (non-hydrogen) atoms. The summed E-state index contributed by atoms with van der Waals surface area (Å²) in [6.45, 7) is 4.21.